The molecule has 5 heteroatoms. The van der Waals surface area contributed by atoms with Crippen LogP contribution in [0.5, 0.6) is 0 Å². The largest absolute Gasteiger partial charge is 0.347 e. The van der Waals surface area contributed by atoms with Crippen LogP contribution in [0.15, 0.2) is 24.3 Å². The Morgan fingerprint density at radius 2 is 2.11 bits per heavy atom. The lowest BCUT2D eigenvalue weighted by Gasteiger charge is -2.25. The van der Waals surface area contributed by atoms with E-state index in [1.807, 2.05) is 24.3 Å². The monoisotopic (exact) mass is 261 g/mol. The summed E-state index contributed by atoms with van der Waals surface area (Å²) in [5, 5.41) is 5.93. The van der Waals surface area contributed by atoms with Gasteiger partial charge in [-0.25, -0.2) is 0 Å². The van der Waals surface area contributed by atoms with Gasteiger partial charge in [-0.2, -0.15) is 0 Å². The van der Waals surface area contributed by atoms with Crippen molar-refractivity contribution in [2.24, 2.45) is 0 Å². The molecule has 0 saturated heterocycles. The molecule has 0 saturated carbocycles. The smallest absolute Gasteiger partial charge is 0.241 e. The standard InChI is InChI=1S/C14H19N3O2/c1-17(2)13(18)9-16-14(19)12-8-15-7-10-5-3-4-6-11(10)12/h3-6,12,15H,7-9H2,1-2H3,(H,16,19). The first-order valence-corrected chi connectivity index (χ1v) is 6.36. The molecule has 1 aliphatic heterocycles. The van der Waals surface area contributed by atoms with E-state index in [1.54, 1.807) is 14.1 Å². The third-order valence-corrected chi connectivity index (χ3v) is 3.32. The Balaban J connectivity index is 2.03. The van der Waals surface area contributed by atoms with Crippen molar-refractivity contribution in [3.05, 3.63) is 35.4 Å². The highest BCUT2D eigenvalue weighted by Gasteiger charge is 2.26. The van der Waals surface area contributed by atoms with Crippen LogP contribution in [0.4, 0.5) is 0 Å². The number of rotatable bonds is 3. The molecule has 0 bridgehead atoms. The highest BCUT2D eigenvalue weighted by molar-refractivity contribution is 5.88. The molecule has 2 amide bonds. The van der Waals surface area contributed by atoms with Gasteiger partial charge in [0.15, 0.2) is 0 Å². The number of nitrogens with zero attached hydrogens (tertiary/aromatic N) is 1. The molecular formula is C14H19N3O2. The second-order valence-corrected chi connectivity index (χ2v) is 4.89. The van der Waals surface area contributed by atoms with E-state index in [1.165, 1.54) is 4.90 Å². The predicted octanol–water partition coefficient (Wildman–Crippen LogP) is 0.0778. The predicted molar refractivity (Wildman–Crippen MR) is 72.6 cm³/mol. The van der Waals surface area contributed by atoms with E-state index in [0.29, 0.717) is 6.54 Å². The Morgan fingerprint density at radius 1 is 1.37 bits per heavy atom. The molecule has 0 spiro atoms. The molecule has 1 heterocycles. The van der Waals surface area contributed by atoms with Crippen LogP contribution in [0.2, 0.25) is 0 Å². The van der Waals surface area contributed by atoms with Crippen molar-refractivity contribution in [1.29, 1.82) is 0 Å². The zero-order valence-electron chi connectivity index (χ0n) is 11.3. The van der Waals surface area contributed by atoms with Crippen molar-refractivity contribution in [3.63, 3.8) is 0 Å². The minimum absolute atomic E-state index is 0.0461. The first kappa shape index (κ1) is 13.5. The average molecular weight is 261 g/mol. The number of nitrogens with one attached hydrogen (secondary N) is 2. The number of carbonyl (C=O) groups is 2. The fraction of sp³-hybridized carbons (Fsp3) is 0.429. The summed E-state index contributed by atoms with van der Waals surface area (Å²) in [5.74, 6) is -0.430. The lowest BCUT2D eigenvalue weighted by Crippen LogP contribution is -2.42. The molecule has 1 unspecified atom stereocenters. The topological polar surface area (TPSA) is 61.4 Å². The summed E-state index contributed by atoms with van der Waals surface area (Å²) in [6, 6.07) is 7.91. The van der Waals surface area contributed by atoms with Gasteiger partial charge in [-0.15, -0.1) is 0 Å². The van der Waals surface area contributed by atoms with Gasteiger partial charge in [-0.3, -0.25) is 9.59 Å². The third-order valence-electron chi connectivity index (χ3n) is 3.32. The number of fused-ring (bicyclic) bond motifs is 1. The number of likely N-dealkylation sites (N-methyl/N-ethyl adjacent to an activating group) is 1. The fourth-order valence-corrected chi connectivity index (χ4v) is 2.17. The molecule has 102 valence electrons. The molecule has 5 nitrogen and oxygen atoms in total. The highest BCUT2D eigenvalue weighted by Crippen LogP contribution is 2.23. The number of benzene rings is 1. The summed E-state index contributed by atoms with van der Waals surface area (Å²) in [6.07, 6.45) is 0. The molecule has 19 heavy (non-hydrogen) atoms. The Bertz CT molecular complexity index is 485. The van der Waals surface area contributed by atoms with E-state index in [2.05, 4.69) is 10.6 Å². The van der Waals surface area contributed by atoms with Crippen molar-refractivity contribution in [2.75, 3.05) is 27.2 Å². The second-order valence-electron chi connectivity index (χ2n) is 4.89. The van der Waals surface area contributed by atoms with Crippen molar-refractivity contribution >= 4 is 11.8 Å². The molecule has 0 aliphatic carbocycles. The zero-order valence-corrected chi connectivity index (χ0v) is 11.3. The van der Waals surface area contributed by atoms with Crippen molar-refractivity contribution in [3.8, 4) is 0 Å². The van der Waals surface area contributed by atoms with E-state index in [9.17, 15) is 9.59 Å². The van der Waals surface area contributed by atoms with Gasteiger partial charge < -0.3 is 15.5 Å². The van der Waals surface area contributed by atoms with E-state index in [0.717, 1.165) is 17.7 Å². The SMILES string of the molecule is CN(C)C(=O)CNC(=O)C1CNCc2ccccc21. The Kier molecular flexibility index (Phi) is 4.16. The molecule has 1 aliphatic rings. The van der Waals surface area contributed by atoms with Crippen LogP contribution < -0.4 is 10.6 Å². The van der Waals surface area contributed by atoms with E-state index in [4.69, 9.17) is 0 Å². The normalized spacial score (nSPS) is 17.5. The molecule has 0 fully saturated rings. The summed E-state index contributed by atoms with van der Waals surface area (Å²) in [7, 11) is 3.35. The Morgan fingerprint density at radius 3 is 2.84 bits per heavy atom. The summed E-state index contributed by atoms with van der Waals surface area (Å²) >= 11 is 0. The van der Waals surface area contributed by atoms with Crippen LogP contribution >= 0.6 is 0 Å². The van der Waals surface area contributed by atoms with Gasteiger partial charge in [0.1, 0.15) is 0 Å². The summed E-state index contributed by atoms with van der Waals surface area (Å²) in [5.41, 5.74) is 2.20. The van der Waals surface area contributed by atoms with Crippen molar-refractivity contribution < 1.29 is 9.59 Å². The van der Waals surface area contributed by atoms with Crippen molar-refractivity contribution in [2.45, 2.75) is 12.5 Å². The minimum atomic E-state index is -0.222. The second kappa shape index (κ2) is 5.84. The molecule has 2 rings (SSSR count). The van der Waals surface area contributed by atoms with E-state index < -0.39 is 0 Å². The maximum atomic E-state index is 12.2. The average Bonchev–Trinajstić information content (AvgIpc) is 2.43. The van der Waals surface area contributed by atoms with Crippen LogP contribution in [0.3, 0.4) is 0 Å². The molecule has 1 aromatic carbocycles. The maximum Gasteiger partial charge on any atom is 0.241 e. The molecular weight excluding hydrogens is 242 g/mol. The fourth-order valence-electron chi connectivity index (χ4n) is 2.17. The van der Waals surface area contributed by atoms with Gasteiger partial charge in [-0.05, 0) is 11.1 Å². The highest BCUT2D eigenvalue weighted by atomic mass is 16.2. The van der Waals surface area contributed by atoms with Gasteiger partial charge in [0.25, 0.3) is 0 Å². The molecule has 1 atom stereocenters. The summed E-state index contributed by atoms with van der Waals surface area (Å²) < 4.78 is 0. The van der Waals surface area contributed by atoms with Crippen LogP contribution in [0.1, 0.15) is 17.0 Å². The molecule has 0 radical (unpaired) electrons. The number of carbonyl (C=O) groups excluding carboxylic acids is 2. The number of hydrogen-bond acceptors (Lipinski definition) is 3. The lowest BCUT2D eigenvalue weighted by atomic mass is 9.90. The van der Waals surface area contributed by atoms with E-state index in [-0.39, 0.29) is 24.3 Å². The molecule has 1 aromatic rings. The van der Waals surface area contributed by atoms with Crippen molar-refractivity contribution in [1.82, 2.24) is 15.5 Å². The zero-order chi connectivity index (χ0) is 13.8. The molecule has 0 aromatic heterocycles. The van der Waals surface area contributed by atoms with Gasteiger partial charge in [0.2, 0.25) is 11.8 Å². The Labute approximate surface area is 113 Å². The molecule has 2 N–H and O–H groups in total. The lowest BCUT2D eigenvalue weighted by molar-refractivity contribution is -0.131. The minimum Gasteiger partial charge on any atom is -0.347 e. The van der Waals surface area contributed by atoms with Gasteiger partial charge in [-0.1, -0.05) is 24.3 Å². The maximum absolute atomic E-state index is 12.2. The van der Waals surface area contributed by atoms with E-state index >= 15 is 0 Å². The quantitative estimate of drug-likeness (QED) is 0.810. The number of amides is 2. The van der Waals surface area contributed by atoms with Gasteiger partial charge in [0.05, 0.1) is 12.5 Å². The van der Waals surface area contributed by atoms with Crippen LogP contribution in [0.25, 0.3) is 0 Å². The first-order chi connectivity index (χ1) is 9.09. The Hall–Kier alpha value is -1.88. The first-order valence-electron chi connectivity index (χ1n) is 6.36. The van der Waals surface area contributed by atoms with Gasteiger partial charge >= 0.3 is 0 Å². The van der Waals surface area contributed by atoms with Crippen LogP contribution in [-0.4, -0.2) is 43.9 Å². The van der Waals surface area contributed by atoms with Crippen LogP contribution in [-0.2, 0) is 16.1 Å². The summed E-state index contributed by atoms with van der Waals surface area (Å²) in [4.78, 5) is 25.1. The third kappa shape index (κ3) is 3.12. The van der Waals surface area contributed by atoms with Crippen LogP contribution in [0, 0.1) is 0 Å². The number of hydrogen-bond donors (Lipinski definition) is 2. The van der Waals surface area contributed by atoms with Gasteiger partial charge in [0, 0.05) is 27.2 Å². The summed E-state index contributed by atoms with van der Waals surface area (Å²) in [6.45, 7) is 1.44.